The van der Waals surface area contributed by atoms with Crippen molar-refractivity contribution < 1.29 is 19.1 Å². The molecule has 0 spiro atoms. The number of carbonyl (C=O) groups excluding carboxylic acids is 2. The summed E-state index contributed by atoms with van der Waals surface area (Å²) in [5.41, 5.74) is 0.821. The molecule has 0 N–H and O–H groups in total. The number of hydrogen-bond donors (Lipinski definition) is 0. The number of amides is 1. The van der Waals surface area contributed by atoms with Crippen molar-refractivity contribution in [3.05, 3.63) is 54.6 Å². The van der Waals surface area contributed by atoms with Gasteiger partial charge in [0.25, 0.3) is 0 Å². The van der Waals surface area contributed by atoms with Gasteiger partial charge in [-0.05, 0) is 31.2 Å². The van der Waals surface area contributed by atoms with E-state index in [1.165, 1.54) is 5.01 Å². The molecule has 0 atom stereocenters. The van der Waals surface area contributed by atoms with Gasteiger partial charge in [0.15, 0.2) is 11.5 Å². The van der Waals surface area contributed by atoms with Crippen LogP contribution in [0.2, 0.25) is 0 Å². The van der Waals surface area contributed by atoms with Crippen LogP contribution in [0.1, 0.15) is 19.8 Å². The number of hydrazone groups is 1. The second-order valence-electron chi connectivity index (χ2n) is 5.36. The maximum atomic E-state index is 12.5. The molecule has 0 radical (unpaired) electrons. The number of anilines is 1. The lowest BCUT2D eigenvalue weighted by Crippen LogP contribution is -2.35. The molecule has 0 saturated heterocycles. The van der Waals surface area contributed by atoms with E-state index in [2.05, 4.69) is 5.10 Å². The maximum absolute atomic E-state index is 12.5. The van der Waals surface area contributed by atoms with Crippen molar-refractivity contribution in [3.63, 3.8) is 0 Å². The van der Waals surface area contributed by atoms with Gasteiger partial charge in [-0.2, -0.15) is 5.10 Å². The van der Waals surface area contributed by atoms with E-state index in [-0.39, 0.29) is 24.5 Å². The van der Waals surface area contributed by atoms with Gasteiger partial charge in [-0.15, -0.1) is 0 Å². The van der Waals surface area contributed by atoms with Gasteiger partial charge in [0.05, 0.1) is 12.3 Å². The topological polar surface area (TPSA) is 68.2 Å². The quantitative estimate of drug-likeness (QED) is 0.620. The molecule has 0 fully saturated rings. The van der Waals surface area contributed by atoms with Gasteiger partial charge in [-0.3, -0.25) is 4.79 Å². The van der Waals surface area contributed by atoms with Gasteiger partial charge in [0.2, 0.25) is 5.91 Å². The number of hydrogen-bond acceptors (Lipinski definition) is 5. The van der Waals surface area contributed by atoms with Crippen LogP contribution in [-0.4, -0.2) is 24.2 Å². The number of nitrogens with zero attached hydrogens (tertiary/aromatic N) is 2. The molecule has 128 valence electrons. The highest BCUT2D eigenvalue weighted by Gasteiger charge is 2.27. The first-order valence-corrected chi connectivity index (χ1v) is 8.08. The first kappa shape index (κ1) is 16.7. The number of benzene rings is 2. The van der Waals surface area contributed by atoms with Gasteiger partial charge in [-0.1, -0.05) is 30.3 Å². The van der Waals surface area contributed by atoms with Crippen LogP contribution >= 0.6 is 0 Å². The molecule has 3 rings (SSSR count). The zero-order chi connectivity index (χ0) is 17.6. The standard InChI is InChI=1S/C19H18N2O4/c1-2-24-16-10-6-7-11-17(16)25-19(23)15-12-13-18(22)21(20-15)14-8-4-3-5-9-14/h3-11H,2,12-13H2,1H3. The van der Waals surface area contributed by atoms with Gasteiger partial charge in [-0.25, -0.2) is 9.80 Å². The van der Waals surface area contributed by atoms with E-state index in [0.717, 1.165) is 0 Å². The predicted molar refractivity (Wildman–Crippen MR) is 93.8 cm³/mol. The smallest absolute Gasteiger partial charge is 0.360 e. The Morgan fingerprint density at radius 2 is 1.72 bits per heavy atom. The summed E-state index contributed by atoms with van der Waals surface area (Å²) in [5.74, 6) is 0.0870. The lowest BCUT2D eigenvalue weighted by atomic mass is 10.1. The van der Waals surface area contributed by atoms with Crippen LogP contribution in [0.3, 0.4) is 0 Å². The first-order chi connectivity index (χ1) is 12.2. The Kier molecular flexibility index (Phi) is 5.09. The summed E-state index contributed by atoms with van der Waals surface area (Å²) in [6.45, 7) is 2.32. The summed E-state index contributed by atoms with van der Waals surface area (Å²) in [6, 6.07) is 15.9. The van der Waals surface area contributed by atoms with Crippen LogP contribution in [0.15, 0.2) is 59.7 Å². The largest absolute Gasteiger partial charge is 0.490 e. The van der Waals surface area contributed by atoms with Gasteiger partial charge in [0.1, 0.15) is 5.71 Å². The van der Waals surface area contributed by atoms with Crippen molar-refractivity contribution >= 4 is 23.3 Å². The first-order valence-electron chi connectivity index (χ1n) is 8.08. The molecular weight excluding hydrogens is 320 g/mol. The molecule has 0 aliphatic carbocycles. The lowest BCUT2D eigenvalue weighted by Gasteiger charge is -2.22. The average molecular weight is 338 g/mol. The summed E-state index contributed by atoms with van der Waals surface area (Å²) in [4.78, 5) is 24.6. The lowest BCUT2D eigenvalue weighted by molar-refractivity contribution is -0.127. The molecule has 6 nitrogen and oxygen atoms in total. The Labute approximate surface area is 145 Å². The van der Waals surface area contributed by atoms with Crippen molar-refractivity contribution in [1.82, 2.24) is 0 Å². The van der Waals surface area contributed by atoms with Crippen LogP contribution < -0.4 is 14.5 Å². The molecular formula is C19H18N2O4. The van der Waals surface area contributed by atoms with Crippen molar-refractivity contribution in [1.29, 1.82) is 0 Å². The Bertz CT molecular complexity index is 802. The van der Waals surface area contributed by atoms with E-state index < -0.39 is 5.97 Å². The molecule has 0 saturated carbocycles. The maximum Gasteiger partial charge on any atom is 0.360 e. The normalized spacial score (nSPS) is 14.0. The number of para-hydroxylation sites is 3. The molecule has 0 aromatic heterocycles. The zero-order valence-corrected chi connectivity index (χ0v) is 13.8. The Morgan fingerprint density at radius 1 is 1.04 bits per heavy atom. The van der Waals surface area contributed by atoms with Crippen molar-refractivity contribution in [3.8, 4) is 11.5 Å². The molecule has 0 bridgehead atoms. The van der Waals surface area contributed by atoms with Crippen LogP contribution in [0.4, 0.5) is 5.69 Å². The number of rotatable bonds is 5. The molecule has 1 amide bonds. The van der Waals surface area contributed by atoms with E-state index >= 15 is 0 Å². The zero-order valence-electron chi connectivity index (χ0n) is 13.8. The SMILES string of the molecule is CCOc1ccccc1OC(=O)C1=NN(c2ccccc2)C(=O)CC1. The van der Waals surface area contributed by atoms with Gasteiger partial charge in [0, 0.05) is 12.8 Å². The second-order valence-corrected chi connectivity index (χ2v) is 5.36. The third-order valence-electron chi connectivity index (χ3n) is 3.62. The minimum Gasteiger partial charge on any atom is -0.490 e. The highest BCUT2D eigenvalue weighted by molar-refractivity contribution is 6.38. The Hall–Kier alpha value is -3.15. The molecule has 1 heterocycles. The Balaban J connectivity index is 1.81. The van der Waals surface area contributed by atoms with Crippen molar-refractivity contribution in [2.24, 2.45) is 5.10 Å². The highest BCUT2D eigenvalue weighted by atomic mass is 16.6. The fraction of sp³-hybridized carbons (Fsp3) is 0.211. The summed E-state index contributed by atoms with van der Waals surface area (Å²) >= 11 is 0. The molecule has 25 heavy (non-hydrogen) atoms. The molecule has 2 aromatic rings. The second kappa shape index (κ2) is 7.61. The summed E-state index contributed by atoms with van der Waals surface area (Å²) in [5, 5.41) is 5.43. The average Bonchev–Trinajstić information content (AvgIpc) is 2.64. The number of esters is 1. The fourth-order valence-electron chi connectivity index (χ4n) is 2.44. The van der Waals surface area contributed by atoms with Crippen LogP contribution in [0.5, 0.6) is 11.5 Å². The van der Waals surface area contributed by atoms with E-state index in [0.29, 0.717) is 23.8 Å². The summed E-state index contributed by atoms with van der Waals surface area (Å²) < 4.78 is 10.9. The summed E-state index contributed by atoms with van der Waals surface area (Å²) in [7, 11) is 0. The minimum atomic E-state index is -0.583. The number of carbonyl (C=O) groups is 2. The summed E-state index contributed by atoms with van der Waals surface area (Å²) in [6.07, 6.45) is 0.452. The van der Waals surface area contributed by atoms with Gasteiger partial charge >= 0.3 is 5.97 Å². The minimum absolute atomic E-state index is 0.155. The van der Waals surface area contributed by atoms with Crippen LogP contribution in [-0.2, 0) is 9.59 Å². The van der Waals surface area contributed by atoms with Crippen molar-refractivity contribution in [2.75, 3.05) is 11.6 Å². The highest BCUT2D eigenvalue weighted by Crippen LogP contribution is 2.27. The number of ether oxygens (including phenoxy) is 2. The fourth-order valence-corrected chi connectivity index (χ4v) is 2.44. The molecule has 6 heteroatoms. The predicted octanol–water partition coefficient (Wildman–Crippen LogP) is 3.17. The third kappa shape index (κ3) is 3.85. The molecule has 1 aliphatic rings. The third-order valence-corrected chi connectivity index (χ3v) is 3.62. The van der Waals surface area contributed by atoms with E-state index in [1.807, 2.05) is 25.1 Å². The van der Waals surface area contributed by atoms with Crippen LogP contribution in [0, 0.1) is 0 Å². The Morgan fingerprint density at radius 3 is 2.44 bits per heavy atom. The monoisotopic (exact) mass is 338 g/mol. The molecule has 1 aliphatic heterocycles. The van der Waals surface area contributed by atoms with Crippen LogP contribution in [0.25, 0.3) is 0 Å². The van der Waals surface area contributed by atoms with Crippen molar-refractivity contribution in [2.45, 2.75) is 19.8 Å². The van der Waals surface area contributed by atoms with E-state index in [9.17, 15) is 9.59 Å². The van der Waals surface area contributed by atoms with E-state index in [4.69, 9.17) is 9.47 Å². The van der Waals surface area contributed by atoms with E-state index in [1.54, 1.807) is 36.4 Å². The molecule has 2 aromatic carbocycles. The molecule has 0 unspecified atom stereocenters. The van der Waals surface area contributed by atoms with Gasteiger partial charge < -0.3 is 9.47 Å².